The van der Waals surface area contributed by atoms with Crippen molar-refractivity contribution in [2.24, 2.45) is 11.7 Å². The lowest BCUT2D eigenvalue weighted by Gasteiger charge is -2.26. The summed E-state index contributed by atoms with van der Waals surface area (Å²) in [6.07, 6.45) is 1.02. The molecule has 3 heteroatoms. The Kier molecular flexibility index (Phi) is 5.83. The standard InChI is InChI=1S/C16H28N2O/c1-10(9-17)7-14(18-5)15-12(3)8-11(2)13(4)16(15)19-6/h8,10,14,18H,7,9,17H2,1-6H3. The fraction of sp³-hybridized carbons (Fsp3) is 0.625. The van der Waals surface area contributed by atoms with Crippen molar-refractivity contribution in [3.8, 4) is 5.75 Å². The van der Waals surface area contributed by atoms with Gasteiger partial charge in [-0.15, -0.1) is 0 Å². The third-order valence-electron chi connectivity index (χ3n) is 3.98. The molecule has 1 rings (SSSR count). The molecule has 0 bridgehead atoms. The summed E-state index contributed by atoms with van der Waals surface area (Å²) in [7, 11) is 3.76. The van der Waals surface area contributed by atoms with Gasteiger partial charge in [-0.2, -0.15) is 0 Å². The van der Waals surface area contributed by atoms with E-state index in [9.17, 15) is 0 Å². The van der Waals surface area contributed by atoms with E-state index in [0.717, 1.165) is 12.2 Å². The number of hydrogen-bond donors (Lipinski definition) is 2. The van der Waals surface area contributed by atoms with Crippen molar-refractivity contribution < 1.29 is 4.74 Å². The second-order valence-electron chi connectivity index (χ2n) is 5.50. The number of methoxy groups -OCH3 is 1. The molecule has 0 fully saturated rings. The van der Waals surface area contributed by atoms with Gasteiger partial charge in [-0.1, -0.05) is 13.0 Å². The van der Waals surface area contributed by atoms with Gasteiger partial charge >= 0.3 is 0 Å². The summed E-state index contributed by atoms with van der Waals surface area (Å²) in [4.78, 5) is 0. The van der Waals surface area contributed by atoms with Crippen molar-refractivity contribution in [3.05, 3.63) is 28.3 Å². The Labute approximate surface area is 117 Å². The highest BCUT2D eigenvalue weighted by Gasteiger charge is 2.21. The molecule has 0 saturated heterocycles. The number of nitrogens with one attached hydrogen (secondary N) is 1. The Hall–Kier alpha value is -1.06. The maximum atomic E-state index is 5.76. The molecule has 1 aromatic rings. The minimum atomic E-state index is 0.285. The molecular weight excluding hydrogens is 236 g/mol. The van der Waals surface area contributed by atoms with Crippen molar-refractivity contribution in [1.29, 1.82) is 0 Å². The Morgan fingerprint density at radius 2 is 1.89 bits per heavy atom. The average Bonchev–Trinajstić information content (AvgIpc) is 2.40. The number of hydrogen-bond acceptors (Lipinski definition) is 3. The number of aryl methyl sites for hydroxylation is 2. The second-order valence-corrected chi connectivity index (χ2v) is 5.50. The summed E-state index contributed by atoms with van der Waals surface area (Å²) in [5.74, 6) is 1.50. The van der Waals surface area contributed by atoms with Crippen LogP contribution >= 0.6 is 0 Å². The maximum Gasteiger partial charge on any atom is 0.127 e. The first-order valence-corrected chi connectivity index (χ1v) is 6.98. The van der Waals surface area contributed by atoms with Crippen molar-refractivity contribution in [3.63, 3.8) is 0 Å². The summed E-state index contributed by atoms with van der Waals surface area (Å²) in [6.45, 7) is 9.31. The Morgan fingerprint density at radius 3 is 2.37 bits per heavy atom. The average molecular weight is 264 g/mol. The van der Waals surface area contributed by atoms with Crippen LogP contribution in [0.4, 0.5) is 0 Å². The molecule has 0 heterocycles. The lowest BCUT2D eigenvalue weighted by Crippen LogP contribution is -2.24. The fourth-order valence-electron chi connectivity index (χ4n) is 2.65. The molecule has 0 aliphatic heterocycles. The maximum absolute atomic E-state index is 5.76. The summed E-state index contributed by atoms with van der Waals surface area (Å²) >= 11 is 0. The molecule has 0 aliphatic carbocycles. The van der Waals surface area contributed by atoms with E-state index < -0.39 is 0 Å². The predicted molar refractivity (Wildman–Crippen MR) is 81.8 cm³/mol. The SMILES string of the molecule is CNC(CC(C)CN)c1c(C)cc(C)c(C)c1OC. The molecule has 2 unspecified atom stereocenters. The first kappa shape index (κ1) is 16.0. The largest absolute Gasteiger partial charge is 0.496 e. The van der Waals surface area contributed by atoms with E-state index in [1.54, 1.807) is 7.11 Å². The zero-order valence-electron chi connectivity index (χ0n) is 13.1. The van der Waals surface area contributed by atoms with Crippen LogP contribution in [0.2, 0.25) is 0 Å². The molecule has 3 N–H and O–H groups in total. The second kappa shape index (κ2) is 6.92. The molecule has 108 valence electrons. The molecule has 0 amide bonds. The van der Waals surface area contributed by atoms with Gasteiger partial charge < -0.3 is 15.8 Å². The zero-order valence-corrected chi connectivity index (χ0v) is 13.1. The molecule has 0 saturated carbocycles. The highest BCUT2D eigenvalue weighted by molar-refractivity contribution is 5.51. The number of rotatable bonds is 6. The molecule has 1 aromatic carbocycles. The van der Waals surface area contributed by atoms with Crippen molar-refractivity contribution in [2.45, 2.75) is 40.2 Å². The van der Waals surface area contributed by atoms with E-state index in [4.69, 9.17) is 10.5 Å². The Balaban J connectivity index is 3.26. The van der Waals surface area contributed by atoms with E-state index in [1.165, 1.54) is 22.3 Å². The van der Waals surface area contributed by atoms with Gasteiger partial charge in [0, 0.05) is 11.6 Å². The normalized spacial score (nSPS) is 14.3. The molecule has 2 atom stereocenters. The van der Waals surface area contributed by atoms with Crippen LogP contribution in [0.1, 0.15) is 41.6 Å². The predicted octanol–water partition coefficient (Wildman–Crippen LogP) is 2.87. The van der Waals surface area contributed by atoms with Crippen LogP contribution in [0.25, 0.3) is 0 Å². The minimum absolute atomic E-state index is 0.285. The van der Waals surface area contributed by atoms with E-state index in [2.05, 4.69) is 39.1 Å². The highest BCUT2D eigenvalue weighted by atomic mass is 16.5. The van der Waals surface area contributed by atoms with Crippen LogP contribution in [0.3, 0.4) is 0 Å². The molecule has 0 aromatic heterocycles. The first-order valence-electron chi connectivity index (χ1n) is 6.98. The minimum Gasteiger partial charge on any atom is -0.496 e. The Morgan fingerprint density at radius 1 is 1.26 bits per heavy atom. The quantitative estimate of drug-likeness (QED) is 0.830. The van der Waals surface area contributed by atoms with Crippen LogP contribution in [-0.2, 0) is 0 Å². The molecule has 0 radical (unpaired) electrons. The summed E-state index contributed by atoms with van der Waals surface area (Å²) in [6, 6.07) is 2.53. The van der Waals surface area contributed by atoms with Gasteiger partial charge in [-0.05, 0) is 63.4 Å². The van der Waals surface area contributed by atoms with Gasteiger partial charge in [0.15, 0.2) is 0 Å². The van der Waals surface area contributed by atoms with Crippen LogP contribution in [0.5, 0.6) is 5.75 Å². The van der Waals surface area contributed by atoms with E-state index in [1.807, 2.05) is 7.05 Å². The van der Waals surface area contributed by atoms with Crippen LogP contribution in [0, 0.1) is 26.7 Å². The van der Waals surface area contributed by atoms with Gasteiger partial charge in [0.1, 0.15) is 5.75 Å². The van der Waals surface area contributed by atoms with Crippen LogP contribution in [0.15, 0.2) is 6.07 Å². The topological polar surface area (TPSA) is 47.3 Å². The summed E-state index contributed by atoms with van der Waals surface area (Å²) < 4.78 is 5.66. The van der Waals surface area contributed by atoms with Gasteiger partial charge in [0.05, 0.1) is 7.11 Å². The summed E-state index contributed by atoms with van der Waals surface area (Å²) in [5, 5.41) is 3.41. The first-order chi connectivity index (χ1) is 8.96. The van der Waals surface area contributed by atoms with Gasteiger partial charge in [0.25, 0.3) is 0 Å². The van der Waals surface area contributed by atoms with Gasteiger partial charge in [0.2, 0.25) is 0 Å². The third kappa shape index (κ3) is 3.48. The van der Waals surface area contributed by atoms with Crippen LogP contribution < -0.4 is 15.8 Å². The van der Waals surface area contributed by atoms with Crippen LogP contribution in [-0.4, -0.2) is 20.7 Å². The molecule has 0 spiro atoms. The summed E-state index contributed by atoms with van der Waals surface area (Å²) in [5.41, 5.74) is 10.8. The zero-order chi connectivity index (χ0) is 14.6. The molecule has 3 nitrogen and oxygen atoms in total. The van der Waals surface area contributed by atoms with Gasteiger partial charge in [-0.3, -0.25) is 0 Å². The van der Waals surface area contributed by atoms with Crippen molar-refractivity contribution in [2.75, 3.05) is 20.7 Å². The van der Waals surface area contributed by atoms with E-state index >= 15 is 0 Å². The van der Waals surface area contributed by atoms with E-state index in [0.29, 0.717) is 12.5 Å². The third-order valence-corrected chi connectivity index (χ3v) is 3.98. The molecule has 19 heavy (non-hydrogen) atoms. The lowest BCUT2D eigenvalue weighted by molar-refractivity contribution is 0.381. The van der Waals surface area contributed by atoms with Gasteiger partial charge in [-0.25, -0.2) is 0 Å². The lowest BCUT2D eigenvalue weighted by atomic mass is 9.89. The smallest absolute Gasteiger partial charge is 0.127 e. The molecule has 0 aliphatic rings. The number of benzene rings is 1. The van der Waals surface area contributed by atoms with Crippen molar-refractivity contribution in [1.82, 2.24) is 5.32 Å². The number of ether oxygens (including phenoxy) is 1. The number of nitrogens with two attached hydrogens (primary N) is 1. The highest BCUT2D eigenvalue weighted by Crippen LogP contribution is 2.36. The Bertz CT molecular complexity index is 429. The fourth-order valence-corrected chi connectivity index (χ4v) is 2.65. The monoisotopic (exact) mass is 264 g/mol. The van der Waals surface area contributed by atoms with E-state index in [-0.39, 0.29) is 6.04 Å². The molecular formula is C16H28N2O. The van der Waals surface area contributed by atoms with Crippen molar-refractivity contribution >= 4 is 0 Å².